The zero-order valence-corrected chi connectivity index (χ0v) is 9.71. The van der Waals surface area contributed by atoms with Crippen LogP contribution in [0.5, 0.6) is 0 Å². The van der Waals surface area contributed by atoms with Crippen molar-refractivity contribution in [2.45, 2.75) is 4.90 Å². The van der Waals surface area contributed by atoms with Crippen LogP contribution in [0.3, 0.4) is 0 Å². The molecule has 7 heteroatoms. The summed E-state index contributed by atoms with van der Waals surface area (Å²) in [6.45, 7) is 0. The smallest absolute Gasteiger partial charge is 0.207 e. The second kappa shape index (κ2) is 3.34. The molecule has 0 fully saturated rings. The molecule has 0 spiro atoms. The predicted molar refractivity (Wildman–Crippen MR) is 57.7 cm³/mol. The molecule has 74 valence electrons. The Hall–Kier alpha value is -0.360. The van der Waals surface area contributed by atoms with Crippen LogP contribution in [0.15, 0.2) is 23.1 Å². The third-order valence-electron chi connectivity index (χ3n) is 1.68. The molecule has 0 aliphatic carbocycles. The van der Waals surface area contributed by atoms with Gasteiger partial charge in [0.15, 0.2) is 5.15 Å². The molecule has 14 heavy (non-hydrogen) atoms. The summed E-state index contributed by atoms with van der Waals surface area (Å²) < 4.78 is 26.7. The molecule has 0 radical (unpaired) electrons. The molecule has 0 N–H and O–H groups in total. The molecule has 0 amide bonds. The lowest BCUT2D eigenvalue weighted by Crippen LogP contribution is -1.89. The van der Waals surface area contributed by atoms with E-state index in [2.05, 4.69) is 4.37 Å². The summed E-state index contributed by atoms with van der Waals surface area (Å²) in [6.07, 6.45) is 0. The van der Waals surface area contributed by atoms with Crippen LogP contribution in [0, 0.1) is 0 Å². The first-order chi connectivity index (χ1) is 6.50. The van der Waals surface area contributed by atoms with Crippen LogP contribution in [0.1, 0.15) is 0 Å². The maximum atomic E-state index is 11.2. The number of fused-ring (bicyclic) bond motifs is 1. The Morgan fingerprint density at radius 2 is 2.07 bits per heavy atom. The van der Waals surface area contributed by atoms with Crippen molar-refractivity contribution in [3.63, 3.8) is 0 Å². The highest BCUT2D eigenvalue weighted by atomic mass is 35.7. The summed E-state index contributed by atoms with van der Waals surface area (Å²) in [7, 11) is 1.52. The molecule has 1 aromatic carbocycles. The molecule has 0 bridgehead atoms. The van der Waals surface area contributed by atoms with Crippen LogP contribution in [-0.4, -0.2) is 12.8 Å². The summed E-state index contributed by atoms with van der Waals surface area (Å²) in [6, 6.07) is 4.71. The van der Waals surface area contributed by atoms with E-state index in [1.165, 1.54) is 6.07 Å². The van der Waals surface area contributed by atoms with Crippen molar-refractivity contribution in [2.24, 2.45) is 0 Å². The minimum absolute atomic E-state index is 0.0565. The van der Waals surface area contributed by atoms with E-state index in [1.54, 1.807) is 12.1 Å². The summed E-state index contributed by atoms with van der Waals surface area (Å²) >= 11 is 6.78. The first-order valence-electron chi connectivity index (χ1n) is 3.49. The number of hydrogen-bond donors (Lipinski definition) is 0. The maximum Gasteiger partial charge on any atom is 0.262 e. The van der Waals surface area contributed by atoms with E-state index >= 15 is 0 Å². The normalized spacial score (nSPS) is 12.1. The van der Waals surface area contributed by atoms with E-state index in [0.717, 1.165) is 11.5 Å². The third kappa shape index (κ3) is 1.61. The van der Waals surface area contributed by atoms with Gasteiger partial charge in [-0.2, -0.15) is 4.37 Å². The Morgan fingerprint density at radius 3 is 2.71 bits per heavy atom. The highest BCUT2D eigenvalue weighted by molar-refractivity contribution is 8.14. The molecule has 1 aromatic heterocycles. The number of aromatic nitrogens is 1. The second-order valence-corrected chi connectivity index (χ2v) is 6.21. The molecular formula is C7H3Cl2NO2S2. The van der Waals surface area contributed by atoms with Gasteiger partial charge in [-0.3, -0.25) is 0 Å². The first kappa shape index (κ1) is 10.2. The number of hydrogen-bond acceptors (Lipinski definition) is 4. The predicted octanol–water partition coefficient (Wildman–Crippen LogP) is 2.88. The molecule has 0 unspecified atom stereocenters. The lowest BCUT2D eigenvalue weighted by Gasteiger charge is -1.96. The van der Waals surface area contributed by atoms with Crippen LogP contribution in [0.4, 0.5) is 0 Å². The Labute approximate surface area is 93.8 Å². The largest absolute Gasteiger partial charge is 0.262 e. The quantitative estimate of drug-likeness (QED) is 0.747. The average Bonchev–Trinajstić information content (AvgIpc) is 2.46. The molecule has 0 saturated heterocycles. The van der Waals surface area contributed by atoms with E-state index in [9.17, 15) is 8.42 Å². The fourth-order valence-electron chi connectivity index (χ4n) is 1.10. The average molecular weight is 268 g/mol. The van der Waals surface area contributed by atoms with Crippen molar-refractivity contribution in [1.29, 1.82) is 0 Å². The van der Waals surface area contributed by atoms with Crippen molar-refractivity contribution in [1.82, 2.24) is 4.37 Å². The Balaban J connectivity index is 2.92. The Morgan fingerprint density at radius 1 is 1.36 bits per heavy atom. The minimum Gasteiger partial charge on any atom is -0.207 e. The van der Waals surface area contributed by atoms with Crippen LogP contribution in [0.2, 0.25) is 5.15 Å². The fraction of sp³-hybridized carbons (Fsp3) is 0. The lowest BCUT2D eigenvalue weighted by molar-refractivity contribution is 0.610. The van der Waals surface area contributed by atoms with Crippen molar-refractivity contribution in [2.75, 3.05) is 0 Å². The Kier molecular flexibility index (Phi) is 2.43. The number of benzene rings is 1. The van der Waals surface area contributed by atoms with Crippen LogP contribution in [0.25, 0.3) is 10.1 Å². The maximum absolute atomic E-state index is 11.2. The van der Waals surface area contributed by atoms with Gasteiger partial charge in [0.25, 0.3) is 9.05 Å². The fourth-order valence-corrected chi connectivity index (χ4v) is 3.64. The van der Waals surface area contributed by atoms with E-state index in [-0.39, 0.29) is 4.90 Å². The lowest BCUT2D eigenvalue weighted by atomic mass is 10.3. The zero-order chi connectivity index (χ0) is 10.3. The van der Waals surface area contributed by atoms with Gasteiger partial charge in [-0.15, -0.1) is 0 Å². The van der Waals surface area contributed by atoms with Gasteiger partial charge >= 0.3 is 0 Å². The highest BCUT2D eigenvalue weighted by Gasteiger charge is 2.17. The van der Waals surface area contributed by atoms with Gasteiger partial charge in [0.2, 0.25) is 0 Å². The van der Waals surface area contributed by atoms with Crippen molar-refractivity contribution in [3.8, 4) is 0 Å². The summed E-state index contributed by atoms with van der Waals surface area (Å²) in [5, 5.41) is 0.908. The van der Waals surface area contributed by atoms with Gasteiger partial charge in [-0.1, -0.05) is 23.7 Å². The number of halogens is 2. The van der Waals surface area contributed by atoms with Crippen LogP contribution in [-0.2, 0) is 9.05 Å². The molecule has 1 heterocycles. The van der Waals surface area contributed by atoms with Gasteiger partial charge in [0.05, 0.1) is 4.70 Å². The van der Waals surface area contributed by atoms with Gasteiger partial charge < -0.3 is 0 Å². The van der Waals surface area contributed by atoms with Gasteiger partial charge in [-0.25, -0.2) is 8.42 Å². The number of rotatable bonds is 1. The highest BCUT2D eigenvalue weighted by Crippen LogP contribution is 2.32. The van der Waals surface area contributed by atoms with E-state index < -0.39 is 9.05 Å². The molecule has 0 aliphatic heterocycles. The van der Waals surface area contributed by atoms with Crippen molar-refractivity contribution in [3.05, 3.63) is 23.4 Å². The monoisotopic (exact) mass is 267 g/mol. The molecule has 0 atom stereocenters. The van der Waals surface area contributed by atoms with E-state index in [4.69, 9.17) is 22.3 Å². The molecule has 0 aliphatic rings. The van der Waals surface area contributed by atoms with Gasteiger partial charge in [-0.05, 0) is 17.6 Å². The van der Waals surface area contributed by atoms with Crippen molar-refractivity contribution >= 4 is 53.0 Å². The minimum atomic E-state index is -3.73. The Bertz CT molecular complexity index is 591. The van der Waals surface area contributed by atoms with Crippen LogP contribution >= 0.6 is 33.8 Å². The summed E-state index contributed by atoms with van der Waals surface area (Å²) in [5.41, 5.74) is 0. The van der Waals surface area contributed by atoms with Gasteiger partial charge in [0.1, 0.15) is 4.90 Å². The topological polar surface area (TPSA) is 47.0 Å². The molecule has 3 nitrogen and oxygen atoms in total. The third-order valence-corrected chi connectivity index (χ3v) is 4.46. The first-order valence-corrected chi connectivity index (χ1v) is 6.95. The van der Waals surface area contributed by atoms with Crippen LogP contribution < -0.4 is 0 Å². The molecular weight excluding hydrogens is 265 g/mol. The summed E-state index contributed by atoms with van der Waals surface area (Å²) in [4.78, 5) is 0.0565. The van der Waals surface area contributed by atoms with Gasteiger partial charge in [0, 0.05) is 16.1 Å². The second-order valence-electron chi connectivity index (χ2n) is 2.54. The number of nitrogens with zero attached hydrogens (tertiary/aromatic N) is 1. The van der Waals surface area contributed by atoms with Crippen molar-refractivity contribution < 1.29 is 8.42 Å². The van der Waals surface area contributed by atoms with E-state index in [0.29, 0.717) is 15.2 Å². The zero-order valence-electron chi connectivity index (χ0n) is 6.57. The standard InChI is InChI=1S/C7H3Cl2NO2S2/c8-7-4-2-1-3-5(14(9,11)12)6(4)13-10-7/h1-3H. The molecule has 0 saturated carbocycles. The van der Waals surface area contributed by atoms with E-state index in [1.807, 2.05) is 0 Å². The molecule has 2 aromatic rings. The molecule has 2 rings (SSSR count). The SMILES string of the molecule is O=S(=O)(Cl)c1cccc2c(Cl)nsc12. The summed E-state index contributed by atoms with van der Waals surface area (Å²) in [5.74, 6) is 0.